The highest BCUT2D eigenvalue weighted by Crippen LogP contribution is 2.41. The molecule has 0 spiro atoms. The zero-order chi connectivity index (χ0) is 23.7. The molecule has 2 N–H and O–H groups in total. The van der Waals surface area contributed by atoms with Crippen LogP contribution in [0.15, 0.2) is 17.1 Å². The van der Waals surface area contributed by atoms with Crippen molar-refractivity contribution in [2.24, 2.45) is 5.92 Å². The Labute approximate surface area is 183 Å². The molecule has 2 unspecified atom stereocenters. The first-order valence-electron chi connectivity index (χ1n) is 10.4. The number of halogens is 2. The van der Waals surface area contributed by atoms with Gasteiger partial charge in [0.2, 0.25) is 12.1 Å². The average molecular weight is 458 g/mol. The van der Waals surface area contributed by atoms with Crippen LogP contribution in [-0.4, -0.2) is 68.9 Å². The molecule has 2 atom stereocenters. The Hall–Kier alpha value is -2.60. The maximum Gasteiger partial charge on any atom is 0.410 e. The smallest absolute Gasteiger partial charge is 0.410 e. The number of rotatable bonds is 4. The summed E-state index contributed by atoms with van der Waals surface area (Å²) in [6.07, 6.45) is -2.19. The SMILES string of the molecule is CC(C)(C)OC(=O)N1CCC(C(=O)Nc2ccn(C3OC(CO)CC3(F)F)c(=O)n2)CC1. The highest BCUT2D eigenvalue weighted by atomic mass is 19.3. The number of amides is 2. The number of anilines is 1. The summed E-state index contributed by atoms with van der Waals surface area (Å²) >= 11 is 0. The van der Waals surface area contributed by atoms with Crippen molar-refractivity contribution in [2.75, 3.05) is 25.0 Å². The van der Waals surface area contributed by atoms with Crippen molar-refractivity contribution in [2.45, 2.75) is 63.9 Å². The van der Waals surface area contributed by atoms with Gasteiger partial charge in [0.05, 0.1) is 12.7 Å². The summed E-state index contributed by atoms with van der Waals surface area (Å²) in [7, 11) is 0. The van der Waals surface area contributed by atoms with E-state index in [-0.39, 0.29) is 11.7 Å². The van der Waals surface area contributed by atoms with Crippen LogP contribution in [-0.2, 0) is 14.3 Å². The van der Waals surface area contributed by atoms with Gasteiger partial charge < -0.3 is 24.8 Å². The number of alkyl halides is 2. The summed E-state index contributed by atoms with van der Waals surface area (Å²) in [4.78, 5) is 42.1. The predicted octanol–water partition coefficient (Wildman–Crippen LogP) is 1.74. The lowest BCUT2D eigenvalue weighted by atomic mass is 9.96. The second-order valence-corrected chi connectivity index (χ2v) is 8.99. The van der Waals surface area contributed by atoms with E-state index in [0.29, 0.717) is 30.5 Å². The van der Waals surface area contributed by atoms with E-state index in [1.807, 2.05) is 0 Å². The molecule has 3 heterocycles. The molecule has 2 fully saturated rings. The van der Waals surface area contributed by atoms with Crippen LogP contribution in [0, 0.1) is 5.92 Å². The fraction of sp³-hybridized carbons (Fsp3) is 0.700. The number of likely N-dealkylation sites (tertiary alicyclic amines) is 1. The highest BCUT2D eigenvalue weighted by Gasteiger charge is 2.51. The number of carbonyl (C=O) groups excluding carboxylic acids is 2. The van der Waals surface area contributed by atoms with E-state index in [1.165, 1.54) is 11.0 Å². The summed E-state index contributed by atoms with van der Waals surface area (Å²) in [6, 6.07) is 1.24. The van der Waals surface area contributed by atoms with Crippen molar-refractivity contribution in [3.05, 3.63) is 22.7 Å². The summed E-state index contributed by atoms with van der Waals surface area (Å²) < 4.78 is 39.3. The first-order chi connectivity index (χ1) is 14.9. The predicted molar refractivity (Wildman–Crippen MR) is 108 cm³/mol. The van der Waals surface area contributed by atoms with Gasteiger partial charge in [-0.2, -0.15) is 4.98 Å². The van der Waals surface area contributed by atoms with Gasteiger partial charge in [-0.15, -0.1) is 0 Å². The van der Waals surface area contributed by atoms with Gasteiger partial charge in [-0.3, -0.25) is 9.36 Å². The number of hydrogen-bond acceptors (Lipinski definition) is 7. The topological polar surface area (TPSA) is 123 Å². The molecule has 0 aromatic carbocycles. The molecule has 0 aliphatic carbocycles. The minimum absolute atomic E-state index is 0.0640. The fourth-order valence-corrected chi connectivity index (χ4v) is 3.65. The number of ether oxygens (including phenoxy) is 2. The van der Waals surface area contributed by atoms with E-state index in [0.717, 1.165) is 6.20 Å². The molecule has 3 rings (SSSR count). The third-order valence-electron chi connectivity index (χ3n) is 5.24. The number of nitrogens with one attached hydrogen (secondary N) is 1. The lowest BCUT2D eigenvalue weighted by molar-refractivity contribution is -0.121. The van der Waals surface area contributed by atoms with Crippen LogP contribution in [0.4, 0.5) is 19.4 Å². The van der Waals surface area contributed by atoms with Crippen molar-refractivity contribution in [3.63, 3.8) is 0 Å². The van der Waals surface area contributed by atoms with Gasteiger partial charge in [-0.1, -0.05) is 0 Å². The number of aliphatic hydroxyl groups is 1. The summed E-state index contributed by atoms with van der Waals surface area (Å²) in [5.41, 5.74) is -1.62. The van der Waals surface area contributed by atoms with Crippen LogP contribution in [0.1, 0.15) is 46.3 Å². The van der Waals surface area contributed by atoms with Gasteiger partial charge in [0, 0.05) is 31.6 Å². The lowest BCUT2D eigenvalue weighted by Gasteiger charge is -2.32. The number of hydrogen-bond donors (Lipinski definition) is 2. The minimum Gasteiger partial charge on any atom is -0.444 e. The standard InChI is InChI=1S/C20H28F2N4O6/c1-19(2,3)32-18(30)25-7-4-12(5-8-25)15(28)23-14-6-9-26(17(29)24-14)16-20(21,22)10-13(11-27)31-16/h6,9,12-13,16,27H,4-5,7-8,10-11H2,1-3H3,(H,23,24,28,29). The zero-order valence-electron chi connectivity index (χ0n) is 18.2. The molecule has 10 nitrogen and oxygen atoms in total. The quantitative estimate of drug-likeness (QED) is 0.705. The number of carbonyl (C=O) groups is 2. The number of aromatic nitrogens is 2. The molecule has 12 heteroatoms. The first-order valence-corrected chi connectivity index (χ1v) is 10.4. The number of aliphatic hydroxyl groups excluding tert-OH is 1. The second-order valence-electron chi connectivity index (χ2n) is 8.99. The van der Waals surface area contributed by atoms with Crippen molar-refractivity contribution in [1.29, 1.82) is 0 Å². The molecule has 1 aromatic rings. The van der Waals surface area contributed by atoms with Crippen LogP contribution in [0.25, 0.3) is 0 Å². The molecule has 0 radical (unpaired) electrons. The molecule has 2 saturated heterocycles. The Morgan fingerprint density at radius 2 is 2.00 bits per heavy atom. The molecule has 2 amide bonds. The van der Waals surface area contributed by atoms with E-state index in [9.17, 15) is 23.2 Å². The molecule has 0 saturated carbocycles. The van der Waals surface area contributed by atoms with E-state index in [2.05, 4.69) is 10.3 Å². The Morgan fingerprint density at radius 3 is 2.53 bits per heavy atom. The van der Waals surface area contributed by atoms with Crippen molar-refractivity contribution in [3.8, 4) is 0 Å². The molecule has 178 valence electrons. The molecular formula is C20H28F2N4O6. The number of piperidine rings is 1. The lowest BCUT2D eigenvalue weighted by Crippen LogP contribution is -2.43. The van der Waals surface area contributed by atoms with E-state index < -0.39 is 54.6 Å². The zero-order valence-corrected chi connectivity index (χ0v) is 18.2. The second kappa shape index (κ2) is 9.10. The molecule has 0 bridgehead atoms. The maximum atomic E-state index is 14.1. The molecule has 32 heavy (non-hydrogen) atoms. The highest BCUT2D eigenvalue weighted by molar-refractivity contribution is 5.91. The van der Waals surface area contributed by atoms with Crippen LogP contribution in [0.2, 0.25) is 0 Å². The molecular weight excluding hydrogens is 430 g/mol. The third kappa shape index (κ3) is 5.60. The van der Waals surface area contributed by atoms with Crippen LogP contribution in [0.5, 0.6) is 0 Å². The molecule has 2 aliphatic heterocycles. The van der Waals surface area contributed by atoms with Gasteiger partial charge in [-0.05, 0) is 39.7 Å². The Morgan fingerprint density at radius 1 is 1.34 bits per heavy atom. The van der Waals surface area contributed by atoms with Crippen molar-refractivity contribution >= 4 is 17.8 Å². The van der Waals surface area contributed by atoms with E-state index in [1.54, 1.807) is 20.8 Å². The minimum atomic E-state index is -3.34. The van der Waals surface area contributed by atoms with Gasteiger partial charge in [0.15, 0.2) is 0 Å². The van der Waals surface area contributed by atoms with Gasteiger partial charge in [0.1, 0.15) is 11.4 Å². The van der Waals surface area contributed by atoms with Crippen LogP contribution in [0.3, 0.4) is 0 Å². The average Bonchev–Trinajstić information content (AvgIpc) is 3.01. The fourth-order valence-electron chi connectivity index (χ4n) is 3.65. The van der Waals surface area contributed by atoms with Gasteiger partial charge >= 0.3 is 11.8 Å². The van der Waals surface area contributed by atoms with Crippen molar-refractivity contribution < 1.29 is 33.0 Å². The normalized spacial score (nSPS) is 23.8. The Kier molecular flexibility index (Phi) is 6.84. The van der Waals surface area contributed by atoms with E-state index in [4.69, 9.17) is 14.6 Å². The molecule has 2 aliphatic rings. The van der Waals surface area contributed by atoms with Crippen molar-refractivity contribution in [1.82, 2.24) is 14.5 Å². The number of nitrogens with zero attached hydrogens (tertiary/aromatic N) is 3. The first kappa shape index (κ1) is 24.1. The van der Waals surface area contributed by atoms with Crippen LogP contribution < -0.4 is 11.0 Å². The Balaban J connectivity index is 1.58. The van der Waals surface area contributed by atoms with Gasteiger partial charge in [-0.25, -0.2) is 18.4 Å². The molecule has 1 aromatic heterocycles. The largest absolute Gasteiger partial charge is 0.444 e. The Bertz CT molecular complexity index is 908. The summed E-state index contributed by atoms with van der Waals surface area (Å²) in [5.74, 6) is -4.18. The summed E-state index contributed by atoms with van der Waals surface area (Å²) in [5, 5.41) is 11.6. The van der Waals surface area contributed by atoms with Gasteiger partial charge in [0.25, 0.3) is 5.92 Å². The summed E-state index contributed by atoms with van der Waals surface area (Å²) in [6.45, 7) is 5.43. The third-order valence-corrected chi connectivity index (χ3v) is 5.24. The van der Waals surface area contributed by atoms with Crippen LogP contribution >= 0.6 is 0 Å². The van der Waals surface area contributed by atoms with E-state index >= 15 is 0 Å². The monoisotopic (exact) mass is 458 g/mol. The maximum absolute atomic E-state index is 14.1.